The third-order valence-electron chi connectivity index (χ3n) is 6.14. The Balaban J connectivity index is 1.66. The Labute approximate surface area is 201 Å². The fourth-order valence-electron chi connectivity index (χ4n) is 4.31. The van der Waals surface area contributed by atoms with E-state index >= 15 is 0 Å². The number of nitrogens with one attached hydrogen (secondary N) is 1. The predicted molar refractivity (Wildman–Crippen MR) is 141 cm³/mol. The van der Waals surface area contributed by atoms with Crippen LogP contribution in [-0.4, -0.2) is 19.1 Å². The summed E-state index contributed by atoms with van der Waals surface area (Å²) in [6, 6.07) is 18.8. The first-order valence-corrected chi connectivity index (χ1v) is 12.2. The number of hydrogen-bond donors (Lipinski definition) is 1. The molecule has 0 saturated carbocycles. The van der Waals surface area contributed by atoms with Gasteiger partial charge in [0.25, 0.3) is 0 Å². The molecule has 3 aromatic carbocycles. The van der Waals surface area contributed by atoms with E-state index in [2.05, 4.69) is 54.7 Å². The van der Waals surface area contributed by atoms with E-state index in [0.717, 1.165) is 51.8 Å². The SMILES string of the molecule is CCCCCCNC(=O)/C=C(\C)c1cc2c(-c3ccc4ccccc4c3)coc2cc1OCC. The highest BCUT2D eigenvalue weighted by Gasteiger charge is 2.15. The molecule has 1 aromatic heterocycles. The minimum absolute atomic E-state index is 0.0708. The first kappa shape index (κ1) is 23.6. The summed E-state index contributed by atoms with van der Waals surface area (Å²) in [6.45, 7) is 7.33. The van der Waals surface area contributed by atoms with Crippen LogP contribution in [0.4, 0.5) is 0 Å². The minimum Gasteiger partial charge on any atom is -0.493 e. The molecule has 0 radical (unpaired) electrons. The van der Waals surface area contributed by atoms with Crippen LogP contribution < -0.4 is 10.1 Å². The number of unbranched alkanes of at least 4 members (excludes halogenated alkanes) is 3. The maximum atomic E-state index is 12.5. The van der Waals surface area contributed by atoms with Gasteiger partial charge in [-0.25, -0.2) is 0 Å². The summed E-state index contributed by atoms with van der Waals surface area (Å²) in [6.07, 6.45) is 8.00. The van der Waals surface area contributed by atoms with Gasteiger partial charge in [-0.1, -0.05) is 62.6 Å². The zero-order valence-corrected chi connectivity index (χ0v) is 20.3. The maximum Gasteiger partial charge on any atom is 0.244 e. The number of ether oxygens (including phenoxy) is 1. The molecular weight excluding hydrogens is 422 g/mol. The molecule has 4 rings (SSSR count). The highest BCUT2D eigenvalue weighted by atomic mass is 16.5. The predicted octanol–water partition coefficient (Wildman–Crippen LogP) is 7.75. The molecular formula is C30H33NO3. The molecule has 0 unspecified atom stereocenters. The Morgan fingerprint density at radius 2 is 1.82 bits per heavy atom. The normalized spacial score (nSPS) is 11.8. The molecule has 0 spiro atoms. The number of carbonyl (C=O) groups is 1. The van der Waals surface area contributed by atoms with Crippen molar-refractivity contribution in [2.24, 2.45) is 0 Å². The Morgan fingerprint density at radius 1 is 1.00 bits per heavy atom. The zero-order chi connectivity index (χ0) is 23.9. The fraction of sp³-hybridized carbons (Fsp3) is 0.300. The molecule has 0 fully saturated rings. The summed E-state index contributed by atoms with van der Waals surface area (Å²) in [5, 5.41) is 6.40. The monoisotopic (exact) mass is 455 g/mol. The van der Waals surface area contributed by atoms with Gasteiger partial charge in [0.15, 0.2) is 0 Å². The third-order valence-corrected chi connectivity index (χ3v) is 6.14. The third kappa shape index (κ3) is 5.33. The van der Waals surface area contributed by atoms with Gasteiger partial charge in [-0.05, 0) is 54.3 Å². The van der Waals surface area contributed by atoms with Gasteiger partial charge in [0, 0.05) is 35.2 Å². The van der Waals surface area contributed by atoms with Crippen molar-refractivity contribution in [3.05, 3.63) is 72.5 Å². The molecule has 34 heavy (non-hydrogen) atoms. The standard InChI is InChI=1S/C30H33NO3/c1-4-6-7-10-15-31-30(32)16-21(3)25-18-26-27(20-34-29(26)19-28(25)33-5-2)24-14-13-22-11-8-9-12-23(22)17-24/h8-9,11-14,16-20H,4-7,10,15H2,1-3H3,(H,31,32)/b21-16+. The molecule has 0 aliphatic carbocycles. The summed E-state index contributed by atoms with van der Waals surface area (Å²) >= 11 is 0. The molecule has 4 heteroatoms. The van der Waals surface area contributed by atoms with Gasteiger partial charge < -0.3 is 14.5 Å². The maximum absolute atomic E-state index is 12.5. The van der Waals surface area contributed by atoms with Crippen molar-refractivity contribution in [3.8, 4) is 16.9 Å². The molecule has 1 amide bonds. The number of benzene rings is 3. The highest BCUT2D eigenvalue weighted by Crippen LogP contribution is 2.38. The summed E-state index contributed by atoms with van der Waals surface area (Å²) in [4.78, 5) is 12.5. The van der Waals surface area contributed by atoms with Crippen LogP contribution in [0, 0.1) is 0 Å². The van der Waals surface area contributed by atoms with Gasteiger partial charge in [-0.2, -0.15) is 0 Å². The molecule has 1 N–H and O–H groups in total. The molecule has 0 atom stereocenters. The van der Waals surface area contributed by atoms with E-state index in [0.29, 0.717) is 13.2 Å². The van der Waals surface area contributed by atoms with Crippen molar-refractivity contribution in [3.63, 3.8) is 0 Å². The minimum atomic E-state index is -0.0708. The Morgan fingerprint density at radius 3 is 2.62 bits per heavy atom. The first-order chi connectivity index (χ1) is 16.6. The second-order valence-electron chi connectivity index (χ2n) is 8.67. The highest BCUT2D eigenvalue weighted by molar-refractivity contribution is 6.01. The number of rotatable bonds is 10. The molecule has 4 aromatic rings. The van der Waals surface area contributed by atoms with Crippen molar-refractivity contribution < 1.29 is 13.9 Å². The quantitative estimate of drug-likeness (QED) is 0.196. The zero-order valence-electron chi connectivity index (χ0n) is 20.3. The van der Waals surface area contributed by atoms with Crippen LogP contribution in [-0.2, 0) is 4.79 Å². The van der Waals surface area contributed by atoms with E-state index in [1.807, 2.05) is 26.0 Å². The Bertz CT molecular complexity index is 1320. The van der Waals surface area contributed by atoms with Crippen molar-refractivity contribution in [2.75, 3.05) is 13.2 Å². The van der Waals surface area contributed by atoms with E-state index in [9.17, 15) is 4.79 Å². The van der Waals surface area contributed by atoms with Gasteiger partial charge in [0.05, 0.1) is 12.9 Å². The Hall–Kier alpha value is -3.53. The lowest BCUT2D eigenvalue weighted by Gasteiger charge is -2.12. The molecule has 0 saturated heterocycles. The summed E-state index contributed by atoms with van der Waals surface area (Å²) in [5.41, 5.74) is 4.65. The average molecular weight is 456 g/mol. The van der Waals surface area contributed by atoms with E-state index in [4.69, 9.17) is 9.15 Å². The molecule has 1 heterocycles. The van der Waals surface area contributed by atoms with Gasteiger partial charge in [0.1, 0.15) is 11.3 Å². The second-order valence-corrected chi connectivity index (χ2v) is 8.67. The largest absolute Gasteiger partial charge is 0.493 e. The smallest absolute Gasteiger partial charge is 0.244 e. The van der Waals surface area contributed by atoms with Crippen molar-refractivity contribution in [2.45, 2.75) is 46.5 Å². The Kier molecular flexibility index (Phi) is 7.69. The van der Waals surface area contributed by atoms with Crippen molar-refractivity contribution in [1.82, 2.24) is 5.32 Å². The van der Waals surface area contributed by atoms with Gasteiger partial charge >= 0.3 is 0 Å². The van der Waals surface area contributed by atoms with E-state index in [1.165, 1.54) is 23.6 Å². The van der Waals surface area contributed by atoms with Gasteiger partial charge in [0.2, 0.25) is 5.91 Å². The molecule has 0 aliphatic rings. The number of fused-ring (bicyclic) bond motifs is 2. The second kappa shape index (κ2) is 11.1. The van der Waals surface area contributed by atoms with Crippen LogP contribution in [0.2, 0.25) is 0 Å². The van der Waals surface area contributed by atoms with Crippen molar-refractivity contribution in [1.29, 1.82) is 0 Å². The number of allylic oxidation sites excluding steroid dienone is 1. The van der Waals surface area contributed by atoms with E-state index in [-0.39, 0.29) is 5.91 Å². The van der Waals surface area contributed by atoms with Crippen LogP contribution in [0.15, 0.2) is 71.4 Å². The van der Waals surface area contributed by atoms with Crippen LogP contribution in [0.25, 0.3) is 38.4 Å². The summed E-state index contributed by atoms with van der Waals surface area (Å²) in [5.74, 6) is 0.650. The van der Waals surface area contributed by atoms with E-state index < -0.39 is 0 Å². The van der Waals surface area contributed by atoms with Crippen molar-refractivity contribution >= 4 is 33.2 Å². The summed E-state index contributed by atoms with van der Waals surface area (Å²) < 4.78 is 11.8. The van der Waals surface area contributed by atoms with Gasteiger partial charge in [-0.3, -0.25) is 4.79 Å². The van der Waals surface area contributed by atoms with Crippen LogP contribution >= 0.6 is 0 Å². The van der Waals surface area contributed by atoms with Crippen LogP contribution in [0.1, 0.15) is 52.0 Å². The molecule has 0 bridgehead atoms. The number of hydrogen-bond acceptors (Lipinski definition) is 3. The van der Waals surface area contributed by atoms with Gasteiger partial charge in [-0.15, -0.1) is 0 Å². The molecule has 0 aliphatic heterocycles. The first-order valence-electron chi connectivity index (χ1n) is 12.2. The molecule has 4 nitrogen and oxygen atoms in total. The lowest BCUT2D eigenvalue weighted by molar-refractivity contribution is -0.116. The topological polar surface area (TPSA) is 51.5 Å². The lowest BCUT2D eigenvalue weighted by Crippen LogP contribution is -2.22. The number of amides is 1. The summed E-state index contributed by atoms with van der Waals surface area (Å²) in [7, 11) is 0. The fourth-order valence-corrected chi connectivity index (χ4v) is 4.31. The van der Waals surface area contributed by atoms with E-state index in [1.54, 1.807) is 12.3 Å². The number of carbonyl (C=O) groups excluding carboxylic acids is 1. The van der Waals surface area contributed by atoms with Crippen LogP contribution in [0.5, 0.6) is 5.75 Å². The lowest BCUT2D eigenvalue weighted by atomic mass is 9.97. The number of furan rings is 1. The molecule has 176 valence electrons. The average Bonchev–Trinajstić information content (AvgIpc) is 3.26. The van der Waals surface area contributed by atoms with Crippen LogP contribution in [0.3, 0.4) is 0 Å².